The van der Waals surface area contributed by atoms with Gasteiger partial charge in [0.2, 0.25) is 0 Å². The van der Waals surface area contributed by atoms with Crippen LogP contribution in [-0.2, 0) is 9.47 Å². The first-order valence-corrected chi connectivity index (χ1v) is 10.4. The van der Waals surface area contributed by atoms with Crippen molar-refractivity contribution in [3.63, 3.8) is 0 Å². The molecular formula is C19H33BrO2. The molecular weight excluding hydrogens is 340 g/mol. The number of rotatable bonds is 12. The summed E-state index contributed by atoms with van der Waals surface area (Å²) in [4.78, 5) is 0. The van der Waals surface area contributed by atoms with Gasteiger partial charge in [-0.1, -0.05) is 54.3 Å². The molecule has 0 N–H and O–H groups in total. The van der Waals surface area contributed by atoms with Gasteiger partial charge >= 0.3 is 0 Å². The fraction of sp³-hybridized carbons (Fsp3) is 0.895. The molecule has 0 spiro atoms. The number of hydrogen-bond acceptors (Lipinski definition) is 2. The summed E-state index contributed by atoms with van der Waals surface area (Å²) in [5, 5.41) is 1.10. The minimum atomic E-state index is 0.474. The SMILES string of the molecule is CCCCCCOC[C@H]1[C@@H](CC=CCCCBr)[C@H]2CC[C@@H]1O2. The molecule has 22 heavy (non-hydrogen) atoms. The predicted molar refractivity (Wildman–Crippen MR) is 96.6 cm³/mol. The number of halogens is 1. The molecule has 128 valence electrons. The van der Waals surface area contributed by atoms with Crippen LogP contribution in [0, 0.1) is 11.8 Å². The maximum atomic E-state index is 6.15. The van der Waals surface area contributed by atoms with Crippen LogP contribution >= 0.6 is 15.9 Å². The van der Waals surface area contributed by atoms with E-state index in [1.165, 1.54) is 57.8 Å². The van der Waals surface area contributed by atoms with E-state index in [2.05, 4.69) is 35.0 Å². The molecule has 2 saturated heterocycles. The first-order chi connectivity index (χ1) is 10.9. The molecule has 2 bridgehead atoms. The Morgan fingerprint density at radius 2 is 1.86 bits per heavy atom. The molecule has 2 nitrogen and oxygen atoms in total. The molecule has 0 radical (unpaired) electrons. The Hall–Kier alpha value is 0.140. The molecule has 0 amide bonds. The molecule has 0 unspecified atom stereocenters. The second-order valence-electron chi connectivity index (χ2n) is 6.79. The van der Waals surface area contributed by atoms with E-state index in [0.29, 0.717) is 24.0 Å². The van der Waals surface area contributed by atoms with Crippen LogP contribution in [0.1, 0.15) is 64.7 Å². The minimum Gasteiger partial charge on any atom is -0.381 e. The maximum absolute atomic E-state index is 6.15. The number of allylic oxidation sites excluding steroid dienone is 2. The summed E-state index contributed by atoms with van der Waals surface area (Å²) < 4.78 is 12.1. The van der Waals surface area contributed by atoms with Crippen LogP contribution in [0.3, 0.4) is 0 Å². The zero-order chi connectivity index (χ0) is 15.6. The first-order valence-electron chi connectivity index (χ1n) is 9.31. The smallest absolute Gasteiger partial charge is 0.0633 e. The predicted octanol–water partition coefficient (Wildman–Crippen LogP) is 5.50. The highest BCUT2D eigenvalue weighted by Gasteiger charge is 2.48. The summed E-state index contributed by atoms with van der Waals surface area (Å²) in [6.45, 7) is 4.10. The molecule has 0 aromatic carbocycles. The largest absolute Gasteiger partial charge is 0.381 e. The fourth-order valence-electron chi connectivity index (χ4n) is 3.84. The van der Waals surface area contributed by atoms with E-state index in [0.717, 1.165) is 18.5 Å². The average Bonchev–Trinajstić information content (AvgIpc) is 3.12. The molecule has 4 atom stereocenters. The van der Waals surface area contributed by atoms with Crippen molar-refractivity contribution < 1.29 is 9.47 Å². The van der Waals surface area contributed by atoms with Gasteiger partial charge < -0.3 is 9.47 Å². The third-order valence-corrected chi connectivity index (χ3v) is 5.68. The Kier molecular flexibility index (Phi) is 9.10. The zero-order valence-corrected chi connectivity index (χ0v) is 15.7. The standard InChI is InChI=1S/C19H33BrO2/c1-2-3-4-9-14-21-15-17-16(10-7-5-6-8-13-20)18-11-12-19(17)22-18/h5,7,16-19H,2-4,6,8-15H2,1H3/t16-,17+,18-,19+/m1/s1. The third-order valence-electron chi connectivity index (χ3n) is 5.12. The summed E-state index contributed by atoms with van der Waals surface area (Å²) in [6, 6.07) is 0. The van der Waals surface area contributed by atoms with E-state index in [1.54, 1.807) is 0 Å². The molecule has 0 aliphatic carbocycles. The Morgan fingerprint density at radius 3 is 2.64 bits per heavy atom. The molecule has 2 aliphatic rings. The lowest BCUT2D eigenvalue weighted by Crippen LogP contribution is -2.30. The van der Waals surface area contributed by atoms with Gasteiger partial charge in [0.25, 0.3) is 0 Å². The van der Waals surface area contributed by atoms with Gasteiger partial charge in [-0.15, -0.1) is 0 Å². The highest BCUT2D eigenvalue weighted by molar-refractivity contribution is 9.09. The van der Waals surface area contributed by atoms with Crippen molar-refractivity contribution in [3.05, 3.63) is 12.2 Å². The highest BCUT2D eigenvalue weighted by Crippen LogP contribution is 2.45. The summed E-state index contributed by atoms with van der Waals surface area (Å²) >= 11 is 3.48. The molecule has 2 aliphatic heterocycles. The fourth-order valence-corrected chi connectivity index (χ4v) is 4.17. The highest BCUT2D eigenvalue weighted by atomic mass is 79.9. The normalized spacial score (nSPS) is 30.6. The first kappa shape index (κ1) is 18.5. The number of unbranched alkanes of at least 4 members (excludes halogenated alkanes) is 4. The molecule has 0 aromatic rings. The number of fused-ring (bicyclic) bond motifs is 2. The van der Waals surface area contributed by atoms with E-state index in [1.807, 2.05) is 0 Å². The van der Waals surface area contributed by atoms with Crippen molar-refractivity contribution in [2.24, 2.45) is 11.8 Å². The van der Waals surface area contributed by atoms with E-state index in [9.17, 15) is 0 Å². The third kappa shape index (κ3) is 5.65. The zero-order valence-electron chi connectivity index (χ0n) is 14.1. The second kappa shape index (κ2) is 10.8. The lowest BCUT2D eigenvalue weighted by Gasteiger charge is -2.27. The van der Waals surface area contributed by atoms with Gasteiger partial charge in [-0.2, -0.15) is 0 Å². The van der Waals surface area contributed by atoms with Crippen molar-refractivity contribution >= 4 is 15.9 Å². The maximum Gasteiger partial charge on any atom is 0.0633 e. The Labute approximate surface area is 145 Å². The molecule has 2 heterocycles. The van der Waals surface area contributed by atoms with Crippen LogP contribution in [0.15, 0.2) is 12.2 Å². The summed E-state index contributed by atoms with van der Waals surface area (Å²) in [7, 11) is 0. The molecule has 0 aromatic heterocycles. The summed E-state index contributed by atoms with van der Waals surface area (Å²) in [6.07, 6.45) is 17.0. The Bertz CT molecular complexity index is 319. The number of alkyl halides is 1. The topological polar surface area (TPSA) is 18.5 Å². The number of hydrogen-bond donors (Lipinski definition) is 0. The lowest BCUT2D eigenvalue weighted by molar-refractivity contribution is 0.0478. The Morgan fingerprint density at radius 1 is 1.05 bits per heavy atom. The van der Waals surface area contributed by atoms with Crippen molar-refractivity contribution in [1.82, 2.24) is 0 Å². The van der Waals surface area contributed by atoms with Crippen LogP contribution in [0.5, 0.6) is 0 Å². The van der Waals surface area contributed by atoms with Crippen LogP contribution in [0.2, 0.25) is 0 Å². The van der Waals surface area contributed by atoms with Crippen molar-refractivity contribution in [2.45, 2.75) is 76.9 Å². The van der Waals surface area contributed by atoms with Crippen molar-refractivity contribution in [3.8, 4) is 0 Å². The van der Waals surface area contributed by atoms with E-state index in [-0.39, 0.29) is 0 Å². The van der Waals surface area contributed by atoms with Crippen LogP contribution in [0.4, 0.5) is 0 Å². The summed E-state index contributed by atoms with van der Waals surface area (Å²) in [5.41, 5.74) is 0. The van der Waals surface area contributed by atoms with Gasteiger partial charge in [0.1, 0.15) is 0 Å². The van der Waals surface area contributed by atoms with Gasteiger partial charge in [0.15, 0.2) is 0 Å². The van der Waals surface area contributed by atoms with Gasteiger partial charge in [-0.25, -0.2) is 0 Å². The van der Waals surface area contributed by atoms with Gasteiger partial charge in [0.05, 0.1) is 18.8 Å². The van der Waals surface area contributed by atoms with Crippen molar-refractivity contribution in [2.75, 3.05) is 18.5 Å². The summed E-state index contributed by atoms with van der Waals surface area (Å²) in [5.74, 6) is 1.32. The molecule has 2 fully saturated rings. The lowest BCUT2D eigenvalue weighted by atomic mass is 9.78. The van der Waals surface area contributed by atoms with Crippen LogP contribution < -0.4 is 0 Å². The molecule has 2 rings (SSSR count). The van der Waals surface area contributed by atoms with Crippen LogP contribution in [0.25, 0.3) is 0 Å². The monoisotopic (exact) mass is 372 g/mol. The van der Waals surface area contributed by atoms with Gasteiger partial charge in [-0.3, -0.25) is 0 Å². The van der Waals surface area contributed by atoms with E-state index < -0.39 is 0 Å². The van der Waals surface area contributed by atoms with E-state index in [4.69, 9.17) is 9.47 Å². The molecule has 0 saturated carbocycles. The molecule has 3 heteroatoms. The van der Waals surface area contributed by atoms with Crippen LogP contribution in [-0.4, -0.2) is 30.8 Å². The quantitative estimate of drug-likeness (QED) is 0.256. The van der Waals surface area contributed by atoms with E-state index >= 15 is 0 Å². The minimum absolute atomic E-state index is 0.474. The Balaban J connectivity index is 1.67. The number of ether oxygens (including phenoxy) is 2. The average molecular weight is 373 g/mol. The van der Waals surface area contributed by atoms with Crippen molar-refractivity contribution in [1.29, 1.82) is 0 Å². The van der Waals surface area contributed by atoms with Gasteiger partial charge in [0, 0.05) is 17.9 Å². The van der Waals surface area contributed by atoms with Gasteiger partial charge in [-0.05, 0) is 44.4 Å². The second-order valence-corrected chi connectivity index (χ2v) is 7.58.